The Balaban J connectivity index is 2.04. The summed E-state index contributed by atoms with van der Waals surface area (Å²) in [6.45, 7) is 0. The SMILES string of the molecule is COc1ccc2cc1Oc1ccc(cc1[N+](=O)[O-])CCC(=O)CCCC2. The number of nitro groups is 1. The van der Waals surface area contributed by atoms with Gasteiger partial charge in [-0.15, -0.1) is 0 Å². The molecule has 0 saturated heterocycles. The predicted octanol–water partition coefficient (Wildman–Crippen LogP) is 4.62. The van der Waals surface area contributed by atoms with Gasteiger partial charge in [0.25, 0.3) is 0 Å². The van der Waals surface area contributed by atoms with Gasteiger partial charge in [-0.3, -0.25) is 14.9 Å². The number of ketones is 1. The van der Waals surface area contributed by atoms with Gasteiger partial charge in [0, 0.05) is 18.9 Å². The molecule has 0 radical (unpaired) electrons. The Kier molecular flexibility index (Phi) is 5.51. The molecule has 0 unspecified atom stereocenters. The van der Waals surface area contributed by atoms with Crippen molar-refractivity contribution in [1.29, 1.82) is 0 Å². The van der Waals surface area contributed by atoms with Crippen LogP contribution in [0.25, 0.3) is 0 Å². The summed E-state index contributed by atoms with van der Waals surface area (Å²) in [4.78, 5) is 23.0. The first kappa shape index (κ1) is 17.9. The third-order valence-electron chi connectivity index (χ3n) is 4.53. The van der Waals surface area contributed by atoms with Crippen LogP contribution in [0.4, 0.5) is 5.69 Å². The first-order chi connectivity index (χ1) is 12.6. The highest BCUT2D eigenvalue weighted by Crippen LogP contribution is 2.37. The van der Waals surface area contributed by atoms with Gasteiger partial charge in [0.15, 0.2) is 11.5 Å². The van der Waals surface area contributed by atoms with Gasteiger partial charge in [-0.05, 0) is 55.0 Å². The number of nitrogens with zero attached hydrogens (tertiary/aromatic N) is 1. The lowest BCUT2D eigenvalue weighted by atomic mass is 10.0. The normalized spacial score (nSPS) is 14.9. The highest BCUT2D eigenvalue weighted by Gasteiger charge is 2.19. The maximum Gasteiger partial charge on any atom is 0.311 e. The summed E-state index contributed by atoms with van der Waals surface area (Å²) >= 11 is 0. The molecule has 4 rings (SSSR count). The summed E-state index contributed by atoms with van der Waals surface area (Å²) in [5, 5.41) is 11.5. The minimum Gasteiger partial charge on any atom is -0.493 e. The fourth-order valence-corrected chi connectivity index (χ4v) is 3.08. The summed E-state index contributed by atoms with van der Waals surface area (Å²) in [6, 6.07) is 10.4. The monoisotopic (exact) mass is 355 g/mol. The van der Waals surface area contributed by atoms with Crippen LogP contribution in [0, 0.1) is 10.1 Å². The molecular formula is C20H21NO5. The fraction of sp³-hybridized carbons (Fsp3) is 0.350. The molecule has 0 spiro atoms. The van der Waals surface area contributed by atoms with Crippen molar-refractivity contribution < 1.29 is 19.2 Å². The lowest BCUT2D eigenvalue weighted by Gasteiger charge is -2.12. The first-order valence-electron chi connectivity index (χ1n) is 8.70. The van der Waals surface area contributed by atoms with Gasteiger partial charge in [-0.1, -0.05) is 12.1 Å². The van der Waals surface area contributed by atoms with Crippen molar-refractivity contribution in [2.75, 3.05) is 7.11 Å². The number of methoxy groups -OCH3 is 1. The van der Waals surface area contributed by atoms with Crippen LogP contribution in [-0.4, -0.2) is 17.8 Å². The second-order valence-corrected chi connectivity index (χ2v) is 6.39. The lowest BCUT2D eigenvalue weighted by molar-refractivity contribution is -0.385. The molecule has 2 aromatic rings. The summed E-state index contributed by atoms with van der Waals surface area (Å²) in [5.74, 6) is 1.33. The van der Waals surface area contributed by atoms with Crippen molar-refractivity contribution in [3.05, 3.63) is 57.6 Å². The number of hydrogen-bond donors (Lipinski definition) is 0. The molecule has 0 aromatic heterocycles. The van der Waals surface area contributed by atoms with Crippen molar-refractivity contribution in [3.8, 4) is 17.2 Å². The number of hydrogen-bond acceptors (Lipinski definition) is 5. The van der Waals surface area contributed by atoms with Crippen LogP contribution in [0.1, 0.15) is 36.8 Å². The average Bonchev–Trinajstić information content (AvgIpc) is 2.64. The predicted molar refractivity (Wildman–Crippen MR) is 97.0 cm³/mol. The van der Waals surface area contributed by atoms with Crippen molar-refractivity contribution in [1.82, 2.24) is 0 Å². The molecule has 4 bridgehead atoms. The van der Waals surface area contributed by atoms with E-state index < -0.39 is 4.92 Å². The average molecular weight is 355 g/mol. The summed E-state index contributed by atoms with van der Waals surface area (Å²) in [6.07, 6.45) is 3.99. The molecule has 6 heteroatoms. The van der Waals surface area contributed by atoms with Crippen LogP contribution in [0.5, 0.6) is 17.2 Å². The Morgan fingerprint density at radius 2 is 1.69 bits per heavy atom. The number of rotatable bonds is 2. The smallest absolute Gasteiger partial charge is 0.311 e. The van der Waals surface area contributed by atoms with E-state index in [1.165, 1.54) is 13.2 Å². The largest absolute Gasteiger partial charge is 0.493 e. The number of aryl methyl sites for hydroxylation is 2. The number of ether oxygens (including phenoxy) is 2. The number of fused-ring (bicyclic) bond motifs is 8. The van der Waals surface area contributed by atoms with Crippen molar-refractivity contribution in [2.24, 2.45) is 0 Å². The molecule has 0 aliphatic carbocycles. The van der Waals surface area contributed by atoms with E-state index in [2.05, 4.69) is 0 Å². The maximum absolute atomic E-state index is 12.0. The fourth-order valence-electron chi connectivity index (χ4n) is 3.08. The molecule has 2 aliphatic heterocycles. The summed E-state index contributed by atoms with van der Waals surface area (Å²) in [5.41, 5.74) is 1.69. The Labute approximate surface area is 151 Å². The van der Waals surface area contributed by atoms with E-state index in [9.17, 15) is 14.9 Å². The van der Waals surface area contributed by atoms with E-state index in [4.69, 9.17) is 9.47 Å². The van der Waals surface area contributed by atoms with E-state index >= 15 is 0 Å². The van der Waals surface area contributed by atoms with E-state index in [1.807, 2.05) is 12.1 Å². The van der Waals surface area contributed by atoms with E-state index in [1.54, 1.807) is 18.2 Å². The molecule has 0 atom stereocenters. The molecule has 0 amide bonds. The highest BCUT2D eigenvalue weighted by atomic mass is 16.6. The Morgan fingerprint density at radius 3 is 2.46 bits per heavy atom. The summed E-state index contributed by atoms with van der Waals surface area (Å²) < 4.78 is 11.2. The van der Waals surface area contributed by atoms with Gasteiger partial charge in [-0.2, -0.15) is 0 Å². The van der Waals surface area contributed by atoms with E-state index in [0.717, 1.165) is 30.4 Å². The van der Waals surface area contributed by atoms with Gasteiger partial charge in [-0.25, -0.2) is 0 Å². The zero-order valence-electron chi connectivity index (χ0n) is 14.7. The Hall–Kier alpha value is -2.89. The second kappa shape index (κ2) is 7.99. The molecule has 0 saturated carbocycles. The molecule has 6 nitrogen and oxygen atoms in total. The van der Waals surface area contributed by atoms with Crippen LogP contribution in [0.3, 0.4) is 0 Å². The van der Waals surface area contributed by atoms with Gasteiger partial charge in [0.1, 0.15) is 5.78 Å². The third-order valence-corrected chi connectivity index (χ3v) is 4.53. The number of Topliss-reactive ketones (excluding diaryl/α,β-unsaturated/α-hetero) is 1. The topological polar surface area (TPSA) is 78.7 Å². The zero-order chi connectivity index (χ0) is 18.5. The van der Waals surface area contributed by atoms with Crippen LogP contribution in [-0.2, 0) is 17.6 Å². The molecule has 26 heavy (non-hydrogen) atoms. The van der Waals surface area contributed by atoms with Crippen LogP contribution < -0.4 is 9.47 Å². The first-order valence-corrected chi connectivity index (χ1v) is 8.70. The summed E-state index contributed by atoms with van der Waals surface area (Å²) in [7, 11) is 1.54. The lowest BCUT2D eigenvalue weighted by Crippen LogP contribution is -2.01. The quantitative estimate of drug-likeness (QED) is 0.580. The van der Waals surface area contributed by atoms with E-state index in [0.29, 0.717) is 30.8 Å². The van der Waals surface area contributed by atoms with Gasteiger partial charge in [0.05, 0.1) is 12.0 Å². The van der Waals surface area contributed by atoms with Crippen molar-refractivity contribution in [2.45, 2.75) is 38.5 Å². The number of nitro benzene ring substituents is 1. The number of carbonyl (C=O) groups excluding carboxylic acids is 1. The van der Waals surface area contributed by atoms with Crippen LogP contribution in [0.15, 0.2) is 36.4 Å². The molecule has 2 aromatic carbocycles. The van der Waals surface area contributed by atoms with Crippen molar-refractivity contribution >= 4 is 11.5 Å². The minimum atomic E-state index is -0.463. The van der Waals surface area contributed by atoms with Gasteiger partial charge < -0.3 is 9.47 Å². The molecule has 2 aliphatic rings. The van der Waals surface area contributed by atoms with Crippen LogP contribution >= 0.6 is 0 Å². The second-order valence-electron chi connectivity index (χ2n) is 6.39. The maximum atomic E-state index is 12.0. The molecule has 2 heterocycles. The third kappa shape index (κ3) is 4.20. The molecule has 136 valence electrons. The van der Waals surface area contributed by atoms with Crippen LogP contribution in [0.2, 0.25) is 0 Å². The molecule has 0 fully saturated rings. The minimum absolute atomic E-state index is 0.114. The number of benzene rings is 2. The zero-order valence-corrected chi connectivity index (χ0v) is 14.7. The highest BCUT2D eigenvalue weighted by molar-refractivity contribution is 5.78. The molecule has 0 N–H and O–H groups in total. The van der Waals surface area contributed by atoms with E-state index in [-0.39, 0.29) is 17.2 Å². The Morgan fingerprint density at radius 1 is 0.962 bits per heavy atom. The van der Waals surface area contributed by atoms with Gasteiger partial charge in [0.2, 0.25) is 5.75 Å². The Bertz CT molecular complexity index is 831. The van der Waals surface area contributed by atoms with Crippen molar-refractivity contribution in [3.63, 3.8) is 0 Å². The van der Waals surface area contributed by atoms with Gasteiger partial charge >= 0.3 is 5.69 Å². The molecular weight excluding hydrogens is 334 g/mol. The number of carbonyl (C=O) groups is 1. The standard InChI is InChI=1S/C20H21NO5/c1-25-19-11-8-14-4-2-3-5-16(22)9-6-15-7-10-18(26-20(19)13-14)17(12-15)21(23)24/h7-8,10-13H,2-6,9H2,1H3.